The number of halogens is 3. The van der Waals surface area contributed by atoms with Gasteiger partial charge in [0.05, 0.1) is 24.1 Å². The number of fused-ring (bicyclic) bond motifs is 1. The van der Waals surface area contributed by atoms with Crippen LogP contribution < -0.4 is 15.0 Å². The van der Waals surface area contributed by atoms with E-state index < -0.39 is 17.6 Å². The van der Waals surface area contributed by atoms with Crippen LogP contribution in [0.15, 0.2) is 42.5 Å². The molecule has 0 spiro atoms. The molecule has 1 aliphatic carbocycles. The highest BCUT2D eigenvalue weighted by Gasteiger charge is 2.49. The summed E-state index contributed by atoms with van der Waals surface area (Å²) >= 11 is 0. The number of nitrogens with zero attached hydrogens (tertiary/aromatic N) is 3. The standard InChI is InChI=1S/C26H26F3N3O2.C4H9N/c1-15-4-6-19(34-3)12-21(15)24(33)31-25(8-9-25)22-10-18(32-13-17(14-32)26(27,28)29)11-23-20(22)7-5-16(2)30-23;1-5-3-2-4-5/h4-7,10-12,17H,8-9,13-14H2,1-3H3,(H,31,33);2-4H2,1H3. The smallest absolute Gasteiger partial charge is 0.395 e. The van der Waals surface area contributed by atoms with Gasteiger partial charge in [-0.3, -0.25) is 9.78 Å². The van der Waals surface area contributed by atoms with Gasteiger partial charge in [-0.15, -0.1) is 0 Å². The van der Waals surface area contributed by atoms with Gasteiger partial charge in [0.15, 0.2) is 0 Å². The Morgan fingerprint density at radius 1 is 1.08 bits per heavy atom. The van der Waals surface area contributed by atoms with Gasteiger partial charge in [0.1, 0.15) is 5.75 Å². The van der Waals surface area contributed by atoms with Gasteiger partial charge < -0.3 is 19.9 Å². The van der Waals surface area contributed by atoms with Crippen LogP contribution in [-0.4, -0.2) is 62.3 Å². The molecule has 208 valence electrons. The third-order valence-corrected chi connectivity index (χ3v) is 8.03. The minimum absolute atomic E-state index is 0.0668. The summed E-state index contributed by atoms with van der Waals surface area (Å²) in [6.45, 7) is 6.26. The lowest BCUT2D eigenvalue weighted by Gasteiger charge is -2.42. The zero-order chi connectivity index (χ0) is 27.9. The van der Waals surface area contributed by atoms with E-state index in [0.29, 0.717) is 17.0 Å². The summed E-state index contributed by atoms with van der Waals surface area (Å²) in [4.78, 5) is 22.0. The van der Waals surface area contributed by atoms with Crippen LogP contribution in [0.5, 0.6) is 5.75 Å². The number of nitrogens with one attached hydrogen (secondary N) is 1. The van der Waals surface area contributed by atoms with E-state index >= 15 is 0 Å². The van der Waals surface area contributed by atoms with Gasteiger partial charge in [-0.05, 0) is 94.7 Å². The number of anilines is 1. The molecule has 39 heavy (non-hydrogen) atoms. The summed E-state index contributed by atoms with van der Waals surface area (Å²) in [6, 6.07) is 13.0. The molecule has 0 bridgehead atoms. The predicted octanol–water partition coefficient (Wildman–Crippen LogP) is 5.60. The van der Waals surface area contributed by atoms with E-state index in [1.165, 1.54) is 19.5 Å². The summed E-state index contributed by atoms with van der Waals surface area (Å²) < 4.78 is 44.5. The normalized spacial score (nSPS) is 18.5. The van der Waals surface area contributed by atoms with Crippen LogP contribution in [-0.2, 0) is 5.54 Å². The number of aryl methyl sites for hydroxylation is 2. The van der Waals surface area contributed by atoms with Gasteiger partial charge in [0.2, 0.25) is 0 Å². The molecule has 3 aliphatic rings. The highest BCUT2D eigenvalue weighted by molar-refractivity contribution is 5.98. The molecular formula is C30H35F3N4O2. The number of aromatic nitrogens is 1. The molecule has 6 nitrogen and oxygen atoms in total. The molecule has 6 rings (SSSR count). The van der Waals surface area contributed by atoms with E-state index in [2.05, 4.69) is 22.2 Å². The number of methoxy groups -OCH3 is 1. The third-order valence-electron chi connectivity index (χ3n) is 8.03. The fraction of sp³-hybridized carbons (Fsp3) is 0.467. The SMILES string of the molecule is CN1CCC1.COc1ccc(C)c(C(=O)NC2(c3cc(N4CC(C(F)(F)F)C4)cc4nc(C)ccc34)CC2)c1. The van der Waals surface area contributed by atoms with Gasteiger partial charge in [-0.2, -0.15) is 13.2 Å². The van der Waals surface area contributed by atoms with Crippen molar-refractivity contribution in [2.75, 3.05) is 45.2 Å². The molecule has 2 aliphatic heterocycles. The minimum Gasteiger partial charge on any atom is -0.497 e. The first-order valence-electron chi connectivity index (χ1n) is 13.4. The molecule has 3 aromatic rings. The lowest BCUT2D eigenvalue weighted by Crippen LogP contribution is -2.53. The van der Waals surface area contributed by atoms with Gasteiger partial charge in [-0.25, -0.2) is 0 Å². The maximum Gasteiger partial charge on any atom is 0.395 e. The largest absolute Gasteiger partial charge is 0.497 e. The average Bonchev–Trinajstić information content (AvgIpc) is 3.61. The quantitative estimate of drug-likeness (QED) is 0.457. The van der Waals surface area contributed by atoms with Crippen LogP contribution in [0.1, 0.15) is 46.4 Å². The van der Waals surface area contributed by atoms with E-state index in [1.807, 2.05) is 50.2 Å². The number of carbonyl (C=O) groups excluding carboxylic acids is 1. The van der Waals surface area contributed by atoms with Gasteiger partial charge in [0.25, 0.3) is 5.91 Å². The Bertz CT molecular complexity index is 1380. The molecule has 1 aromatic heterocycles. The zero-order valence-corrected chi connectivity index (χ0v) is 22.9. The highest BCUT2D eigenvalue weighted by atomic mass is 19.4. The van der Waals surface area contributed by atoms with Crippen molar-refractivity contribution in [3.05, 3.63) is 64.8 Å². The van der Waals surface area contributed by atoms with Crippen LogP contribution in [0.3, 0.4) is 0 Å². The van der Waals surface area contributed by atoms with Crippen molar-refractivity contribution in [1.29, 1.82) is 0 Å². The van der Waals surface area contributed by atoms with Crippen LogP contribution in [0, 0.1) is 19.8 Å². The number of pyridine rings is 1. The van der Waals surface area contributed by atoms with Gasteiger partial charge in [0, 0.05) is 35.4 Å². The number of likely N-dealkylation sites (tertiary alicyclic amines) is 1. The third kappa shape index (κ3) is 5.69. The molecule has 3 heterocycles. The molecule has 2 saturated heterocycles. The number of alkyl halides is 3. The van der Waals surface area contributed by atoms with E-state index in [-0.39, 0.29) is 19.0 Å². The second-order valence-corrected chi connectivity index (χ2v) is 11.0. The van der Waals surface area contributed by atoms with E-state index in [4.69, 9.17) is 4.74 Å². The maximum atomic E-state index is 13.3. The fourth-order valence-corrected chi connectivity index (χ4v) is 5.12. The van der Waals surface area contributed by atoms with Crippen LogP contribution in [0.25, 0.3) is 10.9 Å². The molecule has 1 saturated carbocycles. The first kappa shape index (κ1) is 27.2. The molecule has 1 amide bonds. The second-order valence-electron chi connectivity index (χ2n) is 11.0. The molecule has 2 aromatic carbocycles. The summed E-state index contributed by atoms with van der Waals surface area (Å²) in [5, 5.41) is 4.12. The number of ether oxygens (including phenoxy) is 1. The number of benzene rings is 2. The van der Waals surface area contributed by atoms with Crippen LogP contribution >= 0.6 is 0 Å². The van der Waals surface area contributed by atoms with Gasteiger partial charge >= 0.3 is 6.18 Å². The van der Waals surface area contributed by atoms with Crippen molar-refractivity contribution in [2.24, 2.45) is 5.92 Å². The number of carbonyl (C=O) groups is 1. The number of hydrogen-bond donors (Lipinski definition) is 1. The Morgan fingerprint density at radius 3 is 2.33 bits per heavy atom. The van der Waals surface area contributed by atoms with Crippen molar-refractivity contribution >= 4 is 22.5 Å². The van der Waals surface area contributed by atoms with Crippen LogP contribution in [0.4, 0.5) is 18.9 Å². The van der Waals surface area contributed by atoms with E-state index in [9.17, 15) is 18.0 Å². The van der Waals surface area contributed by atoms with Crippen LogP contribution in [0.2, 0.25) is 0 Å². The van der Waals surface area contributed by atoms with E-state index in [1.54, 1.807) is 18.1 Å². The first-order valence-corrected chi connectivity index (χ1v) is 13.4. The summed E-state index contributed by atoms with van der Waals surface area (Å²) in [7, 11) is 3.70. The Morgan fingerprint density at radius 2 is 1.77 bits per heavy atom. The molecule has 9 heteroatoms. The highest BCUT2D eigenvalue weighted by Crippen LogP contribution is 2.50. The number of amides is 1. The molecular weight excluding hydrogens is 505 g/mol. The second kappa shape index (κ2) is 10.3. The Balaban J connectivity index is 0.000000555. The summed E-state index contributed by atoms with van der Waals surface area (Å²) in [5.74, 6) is -0.916. The topological polar surface area (TPSA) is 57.7 Å². The lowest BCUT2D eigenvalue weighted by molar-refractivity contribution is -0.180. The number of hydrogen-bond acceptors (Lipinski definition) is 5. The average molecular weight is 541 g/mol. The molecule has 0 radical (unpaired) electrons. The summed E-state index contributed by atoms with van der Waals surface area (Å²) in [6.07, 6.45) is -1.28. The maximum absolute atomic E-state index is 13.3. The fourth-order valence-electron chi connectivity index (χ4n) is 5.12. The van der Waals surface area contributed by atoms with Crippen molar-refractivity contribution in [2.45, 2.75) is 44.8 Å². The minimum atomic E-state index is -4.19. The van der Waals surface area contributed by atoms with Crippen molar-refractivity contribution in [1.82, 2.24) is 15.2 Å². The Hall–Kier alpha value is -3.33. The van der Waals surface area contributed by atoms with Crippen molar-refractivity contribution in [3.63, 3.8) is 0 Å². The van der Waals surface area contributed by atoms with Gasteiger partial charge in [-0.1, -0.05) is 12.1 Å². The predicted molar refractivity (Wildman–Crippen MR) is 146 cm³/mol. The molecule has 3 fully saturated rings. The Kier molecular flexibility index (Phi) is 7.22. The van der Waals surface area contributed by atoms with E-state index in [0.717, 1.165) is 40.6 Å². The monoisotopic (exact) mass is 540 g/mol. The zero-order valence-electron chi connectivity index (χ0n) is 22.9. The summed E-state index contributed by atoms with van der Waals surface area (Å²) in [5.41, 5.74) is 3.96. The van der Waals surface area contributed by atoms with Crippen molar-refractivity contribution in [3.8, 4) is 5.75 Å². The lowest BCUT2D eigenvalue weighted by atomic mass is 9.94. The number of rotatable bonds is 5. The molecule has 1 N–H and O–H groups in total. The molecule has 0 unspecified atom stereocenters. The van der Waals surface area contributed by atoms with Crippen molar-refractivity contribution < 1.29 is 22.7 Å². The Labute approximate surface area is 227 Å². The first-order chi connectivity index (χ1) is 18.5. The molecule has 0 atom stereocenters.